The predicted molar refractivity (Wildman–Crippen MR) is 58.7 cm³/mol. The normalized spacial score (nSPS) is 10.2. The predicted octanol–water partition coefficient (Wildman–Crippen LogP) is 2.98. The van der Waals surface area contributed by atoms with Crippen molar-refractivity contribution in [2.75, 3.05) is 0 Å². The van der Waals surface area contributed by atoms with Gasteiger partial charge < -0.3 is 0 Å². The van der Waals surface area contributed by atoms with Crippen LogP contribution in [0.2, 0.25) is 0 Å². The van der Waals surface area contributed by atoms with E-state index >= 15 is 0 Å². The summed E-state index contributed by atoms with van der Waals surface area (Å²) >= 11 is 1.39. The van der Waals surface area contributed by atoms with Gasteiger partial charge in [0.15, 0.2) is 0 Å². The van der Waals surface area contributed by atoms with Crippen molar-refractivity contribution in [1.82, 2.24) is 0 Å². The third-order valence-corrected chi connectivity index (χ3v) is 2.92. The van der Waals surface area contributed by atoms with Gasteiger partial charge in [-0.2, -0.15) is 0 Å². The summed E-state index contributed by atoms with van der Waals surface area (Å²) in [5, 5.41) is 2.59. The summed E-state index contributed by atoms with van der Waals surface area (Å²) in [7, 11) is 0. The van der Waals surface area contributed by atoms with E-state index < -0.39 is 0 Å². The molecule has 0 aliphatic rings. The second kappa shape index (κ2) is 3.54. The molecule has 0 aromatic heterocycles. The van der Waals surface area contributed by atoms with Crippen molar-refractivity contribution in [2.45, 2.75) is 0 Å². The molecule has 61 valence electrons. The maximum absolute atomic E-state index is 3.97. The van der Waals surface area contributed by atoms with E-state index in [2.05, 4.69) is 49.0 Å². The Hall–Kier alpha value is -0.761. The monoisotopic (exact) mass is 273 g/mol. The Morgan fingerprint density at radius 1 is 1.00 bits per heavy atom. The second-order valence-corrected chi connectivity index (χ2v) is 4.76. The molecule has 2 aromatic rings. The van der Waals surface area contributed by atoms with Gasteiger partial charge in [0.05, 0.1) is 0 Å². The average molecular weight is 272 g/mol. The standard InChI is InChI=1S/C12H9.Sn/c1-2-10-7-8-11-5-3-4-6-12(11)9-10;/h3-9H,1H2;. The van der Waals surface area contributed by atoms with Gasteiger partial charge in [-0.25, -0.2) is 0 Å². The SMILES string of the molecule is C=[C]([Sn])c1ccc2ccccc2c1. The molecule has 0 bridgehead atoms. The minimum absolute atomic E-state index is 1.21. The zero-order chi connectivity index (χ0) is 9.26. The Morgan fingerprint density at radius 2 is 1.69 bits per heavy atom. The molecule has 2 rings (SSSR count). The van der Waals surface area contributed by atoms with Crippen molar-refractivity contribution < 1.29 is 0 Å². The van der Waals surface area contributed by atoms with Crippen molar-refractivity contribution in [1.29, 1.82) is 0 Å². The van der Waals surface area contributed by atoms with Gasteiger partial charge in [-0.1, -0.05) is 0 Å². The topological polar surface area (TPSA) is 0 Å². The minimum atomic E-state index is 1.21. The van der Waals surface area contributed by atoms with Crippen LogP contribution in [0.5, 0.6) is 0 Å². The van der Waals surface area contributed by atoms with Crippen LogP contribution in [-0.2, 0) is 0 Å². The summed E-state index contributed by atoms with van der Waals surface area (Å²) in [4.78, 5) is 0. The van der Waals surface area contributed by atoms with Gasteiger partial charge in [-0.3, -0.25) is 0 Å². The molecule has 0 atom stereocenters. The zero-order valence-electron chi connectivity index (χ0n) is 7.25. The average Bonchev–Trinajstić information content (AvgIpc) is 2.17. The van der Waals surface area contributed by atoms with E-state index in [-0.39, 0.29) is 0 Å². The van der Waals surface area contributed by atoms with Crippen molar-refractivity contribution >= 4 is 36.9 Å². The van der Waals surface area contributed by atoms with E-state index in [0.717, 1.165) is 0 Å². The summed E-state index contributed by atoms with van der Waals surface area (Å²) < 4.78 is 1.21. The van der Waals surface area contributed by atoms with Crippen LogP contribution in [0, 0.1) is 0 Å². The van der Waals surface area contributed by atoms with Crippen LogP contribution in [0.15, 0.2) is 49.0 Å². The molecule has 0 spiro atoms. The Labute approximate surface area is 91.4 Å². The fraction of sp³-hybridized carbons (Fsp3) is 0. The van der Waals surface area contributed by atoms with Gasteiger partial charge in [0.2, 0.25) is 0 Å². The molecule has 0 amide bonds. The van der Waals surface area contributed by atoms with Crippen LogP contribution >= 0.6 is 0 Å². The first-order valence-corrected chi connectivity index (χ1v) is 5.60. The second-order valence-electron chi connectivity index (χ2n) is 3.04. The summed E-state index contributed by atoms with van der Waals surface area (Å²) in [6.45, 7) is 3.97. The molecule has 13 heavy (non-hydrogen) atoms. The maximum atomic E-state index is 3.97. The van der Waals surface area contributed by atoms with Gasteiger partial charge in [0, 0.05) is 0 Å². The Kier molecular flexibility index (Phi) is 2.40. The van der Waals surface area contributed by atoms with Gasteiger partial charge >= 0.3 is 91.5 Å². The molecule has 0 unspecified atom stereocenters. The van der Waals surface area contributed by atoms with Gasteiger partial charge in [0.25, 0.3) is 0 Å². The van der Waals surface area contributed by atoms with Crippen LogP contribution in [0.3, 0.4) is 0 Å². The Balaban J connectivity index is 2.69. The Morgan fingerprint density at radius 3 is 2.38 bits per heavy atom. The summed E-state index contributed by atoms with van der Waals surface area (Å²) in [6.07, 6.45) is 0. The third kappa shape index (κ3) is 1.78. The van der Waals surface area contributed by atoms with Gasteiger partial charge in [-0.15, -0.1) is 0 Å². The molecule has 0 saturated heterocycles. The molecule has 0 aliphatic carbocycles. The third-order valence-electron chi connectivity index (χ3n) is 2.10. The number of hydrogen-bond donors (Lipinski definition) is 0. The molecule has 0 heterocycles. The molecule has 0 nitrogen and oxygen atoms in total. The number of hydrogen-bond acceptors (Lipinski definition) is 0. The zero-order valence-corrected chi connectivity index (χ0v) is 10.1. The van der Waals surface area contributed by atoms with Crippen LogP contribution in [0.4, 0.5) is 0 Å². The molecule has 0 N–H and O–H groups in total. The number of fused-ring (bicyclic) bond motifs is 1. The Bertz CT molecular complexity index is 457. The van der Waals surface area contributed by atoms with E-state index in [9.17, 15) is 0 Å². The van der Waals surface area contributed by atoms with E-state index in [1.165, 1.54) is 42.4 Å². The first-order valence-electron chi connectivity index (χ1n) is 4.17. The fourth-order valence-electron chi connectivity index (χ4n) is 1.38. The van der Waals surface area contributed by atoms with Crippen LogP contribution in [-0.4, -0.2) is 22.5 Å². The summed E-state index contributed by atoms with van der Waals surface area (Å²) in [6, 6.07) is 14.9. The quantitative estimate of drug-likeness (QED) is 0.700. The molecular weight excluding hydrogens is 263 g/mol. The van der Waals surface area contributed by atoms with E-state index in [1.807, 2.05) is 0 Å². The summed E-state index contributed by atoms with van der Waals surface area (Å²) in [5.41, 5.74) is 1.26. The van der Waals surface area contributed by atoms with Crippen LogP contribution < -0.4 is 0 Å². The van der Waals surface area contributed by atoms with Crippen LogP contribution in [0.1, 0.15) is 5.56 Å². The van der Waals surface area contributed by atoms with Crippen LogP contribution in [0.25, 0.3) is 14.4 Å². The molecule has 3 radical (unpaired) electrons. The van der Waals surface area contributed by atoms with E-state index in [0.29, 0.717) is 0 Å². The van der Waals surface area contributed by atoms with E-state index in [4.69, 9.17) is 0 Å². The van der Waals surface area contributed by atoms with Gasteiger partial charge in [0.1, 0.15) is 0 Å². The fourth-order valence-corrected chi connectivity index (χ4v) is 1.82. The molecule has 0 saturated carbocycles. The molecule has 1 heteroatoms. The molecular formula is C12H9Sn. The number of benzene rings is 2. The van der Waals surface area contributed by atoms with Gasteiger partial charge in [-0.05, 0) is 0 Å². The molecule has 0 aliphatic heterocycles. The molecule has 0 fully saturated rings. The first kappa shape index (κ1) is 8.82. The van der Waals surface area contributed by atoms with E-state index in [1.54, 1.807) is 0 Å². The van der Waals surface area contributed by atoms with Crippen molar-refractivity contribution in [2.24, 2.45) is 0 Å². The van der Waals surface area contributed by atoms with Crippen molar-refractivity contribution in [3.63, 3.8) is 0 Å². The van der Waals surface area contributed by atoms with Crippen molar-refractivity contribution in [3.05, 3.63) is 54.6 Å². The first-order chi connectivity index (χ1) is 6.27. The molecule has 2 aromatic carbocycles. The van der Waals surface area contributed by atoms with Crippen molar-refractivity contribution in [3.8, 4) is 0 Å². The summed E-state index contributed by atoms with van der Waals surface area (Å²) in [5.74, 6) is 0. The number of rotatable bonds is 1.